The predicted octanol–water partition coefficient (Wildman–Crippen LogP) is 3.56. The number of hydrogen-bond acceptors (Lipinski definition) is 2. The number of halogens is 1. The minimum absolute atomic E-state index is 0.218. The molecular formula is C14H16BrN3O. The maximum Gasteiger partial charge on any atom is 0.277 e. The molecule has 4 nitrogen and oxygen atoms in total. The van der Waals surface area contributed by atoms with E-state index in [-0.39, 0.29) is 5.91 Å². The van der Waals surface area contributed by atoms with E-state index >= 15 is 0 Å². The Kier molecular flexibility index (Phi) is 4.04. The topological polar surface area (TPSA) is 46.9 Å². The molecule has 0 radical (unpaired) electrons. The summed E-state index contributed by atoms with van der Waals surface area (Å²) in [7, 11) is 1.78. The van der Waals surface area contributed by atoms with Gasteiger partial charge >= 0.3 is 0 Å². The largest absolute Gasteiger partial charge is 0.321 e. The fourth-order valence-corrected chi connectivity index (χ4v) is 2.31. The second-order valence-corrected chi connectivity index (χ2v) is 5.58. The van der Waals surface area contributed by atoms with E-state index in [2.05, 4.69) is 40.2 Å². The highest BCUT2D eigenvalue weighted by Crippen LogP contribution is 2.19. The van der Waals surface area contributed by atoms with E-state index in [1.54, 1.807) is 17.9 Å². The predicted molar refractivity (Wildman–Crippen MR) is 79.4 cm³/mol. The molecule has 2 aromatic rings. The lowest BCUT2D eigenvalue weighted by atomic mass is 10.0. The van der Waals surface area contributed by atoms with E-state index in [4.69, 9.17) is 0 Å². The summed E-state index contributed by atoms with van der Waals surface area (Å²) in [6.07, 6.45) is 1.75. The molecule has 19 heavy (non-hydrogen) atoms. The molecule has 0 aliphatic rings. The Morgan fingerprint density at radius 1 is 1.32 bits per heavy atom. The van der Waals surface area contributed by atoms with Crippen LogP contribution in [0.2, 0.25) is 0 Å². The number of carbonyl (C=O) groups excluding carboxylic acids is 1. The van der Waals surface area contributed by atoms with Gasteiger partial charge in [0.25, 0.3) is 5.91 Å². The van der Waals surface area contributed by atoms with Crippen molar-refractivity contribution in [3.63, 3.8) is 0 Å². The molecule has 1 heterocycles. The van der Waals surface area contributed by atoms with Gasteiger partial charge in [0.2, 0.25) is 0 Å². The maximum atomic E-state index is 12.1. The van der Waals surface area contributed by atoms with Crippen LogP contribution in [0.1, 0.15) is 35.8 Å². The third-order valence-electron chi connectivity index (χ3n) is 2.83. The molecule has 0 fully saturated rings. The standard InChI is InChI=1S/C14H16BrN3O/c1-9(2)10-4-6-11(7-5-10)16-14(19)13-12(15)8-18(3)17-13/h4-9H,1-3H3,(H,16,19). The van der Waals surface area contributed by atoms with Gasteiger partial charge in [0, 0.05) is 18.9 Å². The first-order chi connectivity index (χ1) is 8.97. The van der Waals surface area contributed by atoms with Gasteiger partial charge in [-0.1, -0.05) is 26.0 Å². The summed E-state index contributed by atoms with van der Waals surface area (Å²) in [6, 6.07) is 7.86. The van der Waals surface area contributed by atoms with Crippen LogP contribution in [-0.4, -0.2) is 15.7 Å². The van der Waals surface area contributed by atoms with Gasteiger partial charge in [-0.25, -0.2) is 0 Å². The minimum Gasteiger partial charge on any atom is -0.321 e. The molecule has 0 atom stereocenters. The number of aromatic nitrogens is 2. The van der Waals surface area contributed by atoms with Crippen LogP contribution < -0.4 is 5.32 Å². The molecular weight excluding hydrogens is 306 g/mol. The Labute approximate surface area is 120 Å². The van der Waals surface area contributed by atoms with E-state index in [1.807, 2.05) is 24.3 Å². The second kappa shape index (κ2) is 5.57. The van der Waals surface area contributed by atoms with Crippen LogP contribution >= 0.6 is 15.9 Å². The summed E-state index contributed by atoms with van der Waals surface area (Å²) in [5.74, 6) is 0.263. The van der Waals surface area contributed by atoms with Crippen molar-refractivity contribution in [1.82, 2.24) is 9.78 Å². The number of amides is 1. The van der Waals surface area contributed by atoms with E-state index in [1.165, 1.54) is 5.56 Å². The van der Waals surface area contributed by atoms with Crippen molar-refractivity contribution in [3.05, 3.63) is 46.2 Å². The van der Waals surface area contributed by atoms with Crippen molar-refractivity contribution in [3.8, 4) is 0 Å². The zero-order valence-corrected chi connectivity index (χ0v) is 12.7. The van der Waals surface area contributed by atoms with Gasteiger partial charge in [0.15, 0.2) is 5.69 Å². The molecule has 0 bridgehead atoms. The molecule has 0 saturated carbocycles. The number of nitrogens with zero attached hydrogens (tertiary/aromatic N) is 2. The molecule has 0 spiro atoms. The van der Waals surface area contributed by atoms with Crippen LogP contribution in [0.4, 0.5) is 5.69 Å². The molecule has 0 unspecified atom stereocenters. The van der Waals surface area contributed by atoms with Gasteiger partial charge in [-0.05, 0) is 39.5 Å². The summed E-state index contributed by atoms with van der Waals surface area (Å²) < 4.78 is 2.28. The number of carbonyl (C=O) groups is 1. The van der Waals surface area contributed by atoms with Crippen molar-refractivity contribution >= 4 is 27.5 Å². The zero-order valence-electron chi connectivity index (χ0n) is 11.1. The Bertz CT molecular complexity index is 587. The van der Waals surface area contributed by atoms with Crippen molar-refractivity contribution in [1.29, 1.82) is 0 Å². The first-order valence-electron chi connectivity index (χ1n) is 6.08. The first kappa shape index (κ1) is 13.8. The fourth-order valence-electron chi connectivity index (χ4n) is 1.76. The zero-order chi connectivity index (χ0) is 14.0. The lowest BCUT2D eigenvalue weighted by molar-refractivity contribution is 0.102. The number of benzene rings is 1. The highest BCUT2D eigenvalue weighted by molar-refractivity contribution is 9.10. The maximum absolute atomic E-state index is 12.1. The van der Waals surface area contributed by atoms with Crippen molar-refractivity contribution in [2.75, 3.05) is 5.32 Å². The van der Waals surface area contributed by atoms with E-state index in [0.717, 1.165) is 5.69 Å². The van der Waals surface area contributed by atoms with Gasteiger partial charge in [-0.3, -0.25) is 9.48 Å². The number of rotatable bonds is 3. The molecule has 100 valence electrons. The molecule has 0 saturated heterocycles. The summed E-state index contributed by atoms with van der Waals surface area (Å²) in [4.78, 5) is 12.1. The lowest BCUT2D eigenvalue weighted by Gasteiger charge is -2.07. The van der Waals surface area contributed by atoms with Crippen LogP contribution in [0.15, 0.2) is 34.9 Å². The number of anilines is 1. The molecule has 0 aliphatic carbocycles. The van der Waals surface area contributed by atoms with E-state index in [0.29, 0.717) is 16.1 Å². The highest BCUT2D eigenvalue weighted by atomic mass is 79.9. The van der Waals surface area contributed by atoms with Gasteiger partial charge in [0.1, 0.15) is 0 Å². The average molecular weight is 322 g/mol. The SMILES string of the molecule is CC(C)c1ccc(NC(=O)c2nn(C)cc2Br)cc1. The Hall–Kier alpha value is -1.62. The van der Waals surface area contributed by atoms with Crippen LogP contribution in [0.3, 0.4) is 0 Å². The van der Waals surface area contributed by atoms with Crippen molar-refractivity contribution < 1.29 is 4.79 Å². The smallest absolute Gasteiger partial charge is 0.277 e. The normalized spacial score (nSPS) is 10.8. The van der Waals surface area contributed by atoms with Crippen molar-refractivity contribution in [2.24, 2.45) is 7.05 Å². The molecule has 1 amide bonds. The number of nitrogens with one attached hydrogen (secondary N) is 1. The third kappa shape index (κ3) is 3.23. The van der Waals surface area contributed by atoms with Crippen LogP contribution in [0, 0.1) is 0 Å². The molecule has 1 aromatic heterocycles. The Morgan fingerprint density at radius 2 is 1.95 bits per heavy atom. The third-order valence-corrected chi connectivity index (χ3v) is 3.41. The fraction of sp³-hybridized carbons (Fsp3) is 0.286. The quantitative estimate of drug-likeness (QED) is 0.939. The highest BCUT2D eigenvalue weighted by Gasteiger charge is 2.14. The molecule has 1 N–H and O–H groups in total. The van der Waals surface area contributed by atoms with E-state index < -0.39 is 0 Å². The van der Waals surface area contributed by atoms with Gasteiger partial charge in [0.05, 0.1) is 4.47 Å². The molecule has 0 aliphatic heterocycles. The molecule has 1 aromatic carbocycles. The van der Waals surface area contributed by atoms with Gasteiger partial charge in [-0.15, -0.1) is 0 Å². The number of aryl methyl sites for hydroxylation is 1. The molecule has 5 heteroatoms. The summed E-state index contributed by atoms with van der Waals surface area (Å²) in [5, 5.41) is 6.94. The first-order valence-corrected chi connectivity index (χ1v) is 6.87. The monoisotopic (exact) mass is 321 g/mol. The number of hydrogen-bond donors (Lipinski definition) is 1. The lowest BCUT2D eigenvalue weighted by Crippen LogP contribution is -2.13. The van der Waals surface area contributed by atoms with Gasteiger partial charge in [-0.2, -0.15) is 5.10 Å². The summed E-state index contributed by atoms with van der Waals surface area (Å²) in [6.45, 7) is 4.27. The van der Waals surface area contributed by atoms with Crippen LogP contribution in [0.5, 0.6) is 0 Å². The minimum atomic E-state index is -0.218. The second-order valence-electron chi connectivity index (χ2n) is 4.73. The Morgan fingerprint density at radius 3 is 2.42 bits per heavy atom. The van der Waals surface area contributed by atoms with Gasteiger partial charge < -0.3 is 5.32 Å². The Balaban J connectivity index is 2.13. The van der Waals surface area contributed by atoms with Crippen LogP contribution in [0.25, 0.3) is 0 Å². The van der Waals surface area contributed by atoms with Crippen LogP contribution in [-0.2, 0) is 7.05 Å². The summed E-state index contributed by atoms with van der Waals surface area (Å²) in [5.41, 5.74) is 2.40. The van der Waals surface area contributed by atoms with E-state index in [9.17, 15) is 4.79 Å². The summed E-state index contributed by atoms with van der Waals surface area (Å²) >= 11 is 3.32. The average Bonchev–Trinajstić information content (AvgIpc) is 2.69. The molecule has 2 rings (SSSR count). The van der Waals surface area contributed by atoms with Crippen molar-refractivity contribution in [2.45, 2.75) is 19.8 Å².